The highest BCUT2D eigenvalue weighted by Crippen LogP contribution is 2.29. The summed E-state index contributed by atoms with van der Waals surface area (Å²) < 4.78 is 38.7. The molecule has 0 atom stereocenters. The first kappa shape index (κ1) is 10.9. The minimum atomic E-state index is -4.44. The van der Waals surface area contributed by atoms with Crippen molar-refractivity contribution in [1.82, 2.24) is 9.38 Å². The molecule has 2 aromatic heterocycles. The number of fused-ring (bicyclic) bond motifs is 1. The van der Waals surface area contributed by atoms with Gasteiger partial charge in [0.05, 0.1) is 11.7 Å². The zero-order valence-electron chi connectivity index (χ0n) is 8.33. The van der Waals surface area contributed by atoms with E-state index in [-0.39, 0.29) is 0 Å². The fourth-order valence-corrected chi connectivity index (χ4v) is 1.66. The van der Waals surface area contributed by atoms with E-state index in [0.717, 1.165) is 9.96 Å². The standard InChI is InChI=1S/C10H10F3N3/c11-10(12,13)9-15-6-8-7(3-4-14)2-1-5-16(8)9/h1-2,5-6H,3-4,14H2. The second-order valence-electron chi connectivity index (χ2n) is 3.41. The molecule has 2 heterocycles. The van der Waals surface area contributed by atoms with Gasteiger partial charge in [-0.3, -0.25) is 4.40 Å². The maximum absolute atomic E-state index is 12.6. The van der Waals surface area contributed by atoms with Gasteiger partial charge in [-0.15, -0.1) is 0 Å². The van der Waals surface area contributed by atoms with Crippen LogP contribution in [0.4, 0.5) is 13.2 Å². The van der Waals surface area contributed by atoms with Gasteiger partial charge in [0.15, 0.2) is 0 Å². The Morgan fingerprint density at radius 1 is 1.38 bits per heavy atom. The average molecular weight is 229 g/mol. The topological polar surface area (TPSA) is 43.3 Å². The van der Waals surface area contributed by atoms with E-state index in [1.165, 1.54) is 12.4 Å². The lowest BCUT2D eigenvalue weighted by Crippen LogP contribution is -2.11. The van der Waals surface area contributed by atoms with Gasteiger partial charge in [-0.1, -0.05) is 6.07 Å². The van der Waals surface area contributed by atoms with Crippen LogP contribution in [0, 0.1) is 0 Å². The molecule has 0 spiro atoms. The SMILES string of the molecule is NCCc1cccn2c(C(F)(F)F)ncc12. The predicted octanol–water partition coefficient (Wildman–Crippen LogP) is 1.85. The molecule has 0 radical (unpaired) electrons. The van der Waals surface area contributed by atoms with Crippen LogP contribution in [0.25, 0.3) is 5.52 Å². The van der Waals surface area contributed by atoms with E-state index in [1.807, 2.05) is 0 Å². The third-order valence-electron chi connectivity index (χ3n) is 2.33. The number of hydrogen-bond acceptors (Lipinski definition) is 2. The molecule has 6 heteroatoms. The summed E-state index contributed by atoms with van der Waals surface area (Å²) >= 11 is 0. The first-order valence-electron chi connectivity index (χ1n) is 4.76. The van der Waals surface area contributed by atoms with Crippen molar-refractivity contribution in [1.29, 1.82) is 0 Å². The van der Waals surface area contributed by atoms with Crippen molar-refractivity contribution < 1.29 is 13.2 Å². The highest BCUT2D eigenvalue weighted by molar-refractivity contribution is 5.54. The van der Waals surface area contributed by atoms with Gasteiger partial charge in [0.2, 0.25) is 5.82 Å². The summed E-state index contributed by atoms with van der Waals surface area (Å²) in [5, 5.41) is 0. The van der Waals surface area contributed by atoms with Crippen LogP contribution >= 0.6 is 0 Å². The fourth-order valence-electron chi connectivity index (χ4n) is 1.66. The Balaban J connectivity index is 2.62. The molecule has 3 nitrogen and oxygen atoms in total. The van der Waals surface area contributed by atoms with E-state index >= 15 is 0 Å². The largest absolute Gasteiger partial charge is 0.450 e. The van der Waals surface area contributed by atoms with Crippen LogP contribution < -0.4 is 5.73 Å². The quantitative estimate of drug-likeness (QED) is 0.854. The van der Waals surface area contributed by atoms with Crippen LogP contribution in [-0.2, 0) is 12.6 Å². The molecule has 0 amide bonds. The van der Waals surface area contributed by atoms with E-state index in [1.54, 1.807) is 12.1 Å². The third-order valence-corrected chi connectivity index (χ3v) is 2.33. The number of alkyl halides is 3. The number of rotatable bonds is 2. The lowest BCUT2D eigenvalue weighted by atomic mass is 10.2. The first-order valence-corrected chi connectivity index (χ1v) is 4.76. The van der Waals surface area contributed by atoms with Crippen LogP contribution in [-0.4, -0.2) is 15.9 Å². The van der Waals surface area contributed by atoms with E-state index < -0.39 is 12.0 Å². The van der Waals surface area contributed by atoms with E-state index in [9.17, 15) is 13.2 Å². The Labute approximate surface area is 89.7 Å². The second-order valence-corrected chi connectivity index (χ2v) is 3.41. The van der Waals surface area contributed by atoms with Crippen molar-refractivity contribution in [2.75, 3.05) is 6.54 Å². The van der Waals surface area contributed by atoms with Crippen molar-refractivity contribution in [3.8, 4) is 0 Å². The Kier molecular flexibility index (Phi) is 2.59. The van der Waals surface area contributed by atoms with Crippen LogP contribution in [0.15, 0.2) is 24.5 Å². The van der Waals surface area contributed by atoms with E-state index in [4.69, 9.17) is 5.73 Å². The second kappa shape index (κ2) is 3.79. The summed E-state index contributed by atoms with van der Waals surface area (Å²) in [4.78, 5) is 3.41. The number of pyridine rings is 1. The third kappa shape index (κ3) is 1.76. The van der Waals surface area contributed by atoms with Gasteiger partial charge in [-0.05, 0) is 24.6 Å². The highest BCUT2D eigenvalue weighted by Gasteiger charge is 2.35. The molecule has 2 rings (SSSR count). The summed E-state index contributed by atoms with van der Waals surface area (Å²) in [6, 6.07) is 3.32. The molecular formula is C10H10F3N3. The maximum atomic E-state index is 12.6. The Morgan fingerprint density at radius 2 is 2.12 bits per heavy atom. The van der Waals surface area contributed by atoms with Gasteiger partial charge in [0, 0.05) is 6.20 Å². The minimum absolute atomic E-state index is 0.395. The van der Waals surface area contributed by atoms with Gasteiger partial charge in [0.25, 0.3) is 0 Å². The van der Waals surface area contributed by atoms with Gasteiger partial charge >= 0.3 is 6.18 Å². The van der Waals surface area contributed by atoms with Gasteiger partial charge < -0.3 is 5.73 Å². The summed E-state index contributed by atoms with van der Waals surface area (Å²) in [5.41, 5.74) is 6.62. The number of aromatic nitrogens is 2. The molecular weight excluding hydrogens is 219 g/mol. The summed E-state index contributed by atoms with van der Waals surface area (Å²) in [7, 11) is 0. The van der Waals surface area contributed by atoms with Gasteiger partial charge in [0.1, 0.15) is 0 Å². The van der Waals surface area contributed by atoms with Gasteiger partial charge in [-0.2, -0.15) is 13.2 Å². The molecule has 2 N–H and O–H groups in total. The number of nitrogens with two attached hydrogens (primary N) is 1. The molecule has 16 heavy (non-hydrogen) atoms. The zero-order valence-corrected chi connectivity index (χ0v) is 8.33. The number of imidazole rings is 1. The van der Waals surface area contributed by atoms with Crippen LogP contribution in [0.3, 0.4) is 0 Å². The van der Waals surface area contributed by atoms with E-state index in [0.29, 0.717) is 18.5 Å². The molecule has 0 bridgehead atoms. The van der Waals surface area contributed by atoms with Crippen LogP contribution in [0.5, 0.6) is 0 Å². The van der Waals surface area contributed by atoms with Crippen LogP contribution in [0.1, 0.15) is 11.4 Å². The number of hydrogen-bond donors (Lipinski definition) is 1. The number of nitrogens with zero attached hydrogens (tertiary/aromatic N) is 2. The van der Waals surface area contributed by atoms with Crippen molar-refractivity contribution in [2.24, 2.45) is 5.73 Å². The molecule has 0 saturated heterocycles. The monoisotopic (exact) mass is 229 g/mol. The van der Waals surface area contributed by atoms with Crippen molar-refractivity contribution in [3.63, 3.8) is 0 Å². The number of halogens is 3. The molecule has 86 valence electrons. The molecule has 0 aliphatic heterocycles. The normalized spacial score (nSPS) is 12.2. The maximum Gasteiger partial charge on any atom is 0.450 e. The molecule has 2 aromatic rings. The lowest BCUT2D eigenvalue weighted by molar-refractivity contribution is -0.145. The zero-order chi connectivity index (χ0) is 11.8. The van der Waals surface area contributed by atoms with Crippen molar-refractivity contribution >= 4 is 5.52 Å². The summed E-state index contributed by atoms with van der Waals surface area (Å²) in [6.07, 6.45) is -1.32. The van der Waals surface area contributed by atoms with Crippen molar-refractivity contribution in [2.45, 2.75) is 12.6 Å². The lowest BCUT2D eigenvalue weighted by Gasteiger charge is -2.06. The molecule has 0 saturated carbocycles. The van der Waals surface area contributed by atoms with Crippen LogP contribution in [0.2, 0.25) is 0 Å². The highest BCUT2D eigenvalue weighted by atomic mass is 19.4. The van der Waals surface area contributed by atoms with Gasteiger partial charge in [-0.25, -0.2) is 4.98 Å². The van der Waals surface area contributed by atoms with E-state index in [2.05, 4.69) is 4.98 Å². The molecule has 0 aromatic carbocycles. The van der Waals surface area contributed by atoms with Crippen molar-refractivity contribution in [3.05, 3.63) is 35.9 Å². The first-order chi connectivity index (χ1) is 7.54. The molecule has 0 unspecified atom stereocenters. The molecule has 0 aliphatic carbocycles. The predicted molar refractivity (Wildman–Crippen MR) is 53.0 cm³/mol. The summed E-state index contributed by atoms with van der Waals surface area (Å²) in [5.74, 6) is -0.902. The molecule has 0 fully saturated rings. The Bertz CT molecular complexity index is 501. The summed E-state index contributed by atoms with van der Waals surface area (Å²) in [6.45, 7) is 0.395. The average Bonchev–Trinajstić information content (AvgIpc) is 2.62. The minimum Gasteiger partial charge on any atom is -0.330 e. The Hall–Kier alpha value is -1.56. The molecule has 0 aliphatic rings. The smallest absolute Gasteiger partial charge is 0.330 e. The fraction of sp³-hybridized carbons (Fsp3) is 0.300. The Morgan fingerprint density at radius 3 is 2.75 bits per heavy atom.